The van der Waals surface area contributed by atoms with E-state index in [9.17, 15) is 0 Å². The molecule has 0 aliphatic rings. The summed E-state index contributed by atoms with van der Waals surface area (Å²) < 4.78 is 0. The van der Waals surface area contributed by atoms with Gasteiger partial charge in [-0.15, -0.1) is 0 Å². The first-order valence-corrected chi connectivity index (χ1v) is 7.78. The van der Waals surface area contributed by atoms with E-state index in [0.717, 1.165) is 24.1 Å². The van der Waals surface area contributed by atoms with Gasteiger partial charge in [-0.1, -0.05) is 85.2 Å². The molecule has 0 aliphatic heterocycles. The van der Waals surface area contributed by atoms with Crippen LogP contribution in [0.2, 0.25) is 0 Å². The molecule has 0 saturated carbocycles. The summed E-state index contributed by atoms with van der Waals surface area (Å²) in [5.74, 6) is 0. The molecule has 2 heteroatoms. The van der Waals surface area contributed by atoms with Crippen molar-refractivity contribution < 1.29 is 4.84 Å². The molecule has 0 bridgehead atoms. The molecule has 0 amide bonds. The zero-order valence-corrected chi connectivity index (χ0v) is 13.3. The first-order valence-electron chi connectivity index (χ1n) is 7.78. The Labute approximate surface area is 133 Å². The minimum atomic E-state index is 0.0197. The van der Waals surface area contributed by atoms with Crippen molar-refractivity contribution >= 4 is 11.8 Å². The lowest BCUT2D eigenvalue weighted by molar-refractivity contribution is 0.0517. The van der Waals surface area contributed by atoms with Gasteiger partial charge in [-0.3, -0.25) is 0 Å². The van der Waals surface area contributed by atoms with Gasteiger partial charge < -0.3 is 4.84 Å². The summed E-state index contributed by atoms with van der Waals surface area (Å²) in [4.78, 5) is 5.76. The van der Waals surface area contributed by atoms with E-state index in [1.807, 2.05) is 55.5 Å². The Kier molecular flexibility index (Phi) is 6.43. The van der Waals surface area contributed by atoms with E-state index in [0.29, 0.717) is 0 Å². The van der Waals surface area contributed by atoms with Gasteiger partial charge in [0.15, 0.2) is 6.10 Å². The molecule has 0 heterocycles. The zero-order valence-electron chi connectivity index (χ0n) is 13.3. The van der Waals surface area contributed by atoms with Crippen LogP contribution in [0.15, 0.2) is 71.9 Å². The van der Waals surface area contributed by atoms with Gasteiger partial charge in [0.25, 0.3) is 0 Å². The lowest BCUT2D eigenvalue weighted by Gasteiger charge is -2.14. The molecule has 2 aromatic rings. The third-order valence-electron chi connectivity index (χ3n) is 3.36. The first-order chi connectivity index (χ1) is 10.8. The Bertz CT molecular complexity index is 602. The molecule has 2 nitrogen and oxygen atoms in total. The third kappa shape index (κ3) is 5.21. The summed E-state index contributed by atoms with van der Waals surface area (Å²) in [6.07, 6.45) is 6.06. The second-order valence-corrected chi connectivity index (χ2v) is 5.27. The number of hydrogen-bond donors (Lipinski definition) is 0. The maximum Gasteiger partial charge on any atom is 0.152 e. The maximum absolute atomic E-state index is 5.76. The lowest BCUT2D eigenvalue weighted by Crippen LogP contribution is -2.01. The van der Waals surface area contributed by atoms with Gasteiger partial charge in [0.2, 0.25) is 0 Å². The fourth-order valence-corrected chi connectivity index (χ4v) is 2.17. The van der Waals surface area contributed by atoms with Crippen LogP contribution in [-0.4, -0.2) is 5.71 Å². The standard InChI is InChI=1S/C20H23NO/c1-3-10-20(19-13-8-5-9-14-19)22-21-17(2)15-16-18-11-6-4-7-12-18/h4-9,11-16,20H,3,10H2,1-2H3/b16-15+,21-17-/t20-/m1/s1. The van der Waals surface area contributed by atoms with Crippen molar-refractivity contribution in [3.05, 3.63) is 77.9 Å². The number of nitrogens with zero attached hydrogens (tertiary/aromatic N) is 1. The van der Waals surface area contributed by atoms with Crippen molar-refractivity contribution in [2.45, 2.75) is 32.8 Å². The number of hydrogen-bond acceptors (Lipinski definition) is 2. The largest absolute Gasteiger partial charge is 0.387 e. The first kappa shape index (κ1) is 16.0. The highest BCUT2D eigenvalue weighted by atomic mass is 16.6. The Morgan fingerprint density at radius 3 is 2.32 bits per heavy atom. The normalized spacial score (nSPS) is 13.3. The van der Waals surface area contributed by atoms with E-state index in [4.69, 9.17) is 4.84 Å². The van der Waals surface area contributed by atoms with Crippen LogP contribution >= 0.6 is 0 Å². The topological polar surface area (TPSA) is 21.6 Å². The van der Waals surface area contributed by atoms with Crippen molar-refractivity contribution in [3.63, 3.8) is 0 Å². The van der Waals surface area contributed by atoms with Gasteiger partial charge in [-0.25, -0.2) is 0 Å². The van der Waals surface area contributed by atoms with E-state index in [-0.39, 0.29) is 6.10 Å². The lowest BCUT2D eigenvalue weighted by atomic mass is 10.1. The summed E-state index contributed by atoms with van der Waals surface area (Å²) in [5, 5.41) is 4.26. The molecule has 0 unspecified atom stereocenters. The van der Waals surface area contributed by atoms with Crippen LogP contribution in [0, 0.1) is 0 Å². The second-order valence-electron chi connectivity index (χ2n) is 5.27. The van der Waals surface area contributed by atoms with Crippen LogP contribution in [0.3, 0.4) is 0 Å². The monoisotopic (exact) mass is 293 g/mol. The smallest absolute Gasteiger partial charge is 0.152 e. The minimum absolute atomic E-state index is 0.0197. The molecule has 114 valence electrons. The number of rotatable bonds is 7. The summed E-state index contributed by atoms with van der Waals surface area (Å²) >= 11 is 0. The highest BCUT2D eigenvalue weighted by Gasteiger charge is 2.10. The average molecular weight is 293 g/mol. The highest BCUT2D eigenvalue weighted by molar-refractivity contribution is 5.95. The molecule has 2 aromatic carbocycles. The predicted octanol–water partition coefficient (Wildman–Crippen LogP) is 5.63. The molecule has 0 aromatic heterocycles. The SMILES string of the molecule is CCC[C@@H](O/N=C(C)\C=C\c1ccccc1)c1ccccc1. The van der Waals surface area contributed by atoms with E-state index in [1.165, 1.54) is 5.56 Å². The van der Waals surface area contributed by atoms with Gasteiger partial charge >= 0.3 is 0 Å². The molecular weight excluding hydrogens is 270 g/mol. The molecule has 0 radical (unpaired) electrons. The summed E-state index contributed by atoms with van der Waals surface area (Å²) in [7, 11) is 0. The van der Waals surface area contributed by atoms with Crippen molar-refractivity contribution in [3.8, 4) is 0 Å². The second kappa shape index (κ2) is 8.83. The van der Waals surface area contributed by atoms with E-state index < -0.39 is 0 Å². The third-order valence-corrected chi connectivity index (χ3v) is 3.36. The van der Waals surface area contributed by atoms with Gasteiger partial charge in [-0.05, 0) is 30.5 Å². The fourth-order valence-electron chi connectivity index (χ4n) is 2.17. The molecule has 2 rings (SSSR count). The fraction of sp³-hybridized carbons (Fsp3) is 0.250. The Hall–Kier alpha value is -2.35. The van der Waals surface area contributed by atoms with E-state index in [2.05, 4.69) is 36.3 Å². The Morgan fingerprint density at radius 1 is 1.05 bits per heavy atom. The molecule has 22 heavy (non-hydrogen) atoms. The number of allylic oxidation sites excluding steroid dienone is 1. The van der Waals surface area contributed by atoms with Crippen molar-refractivity contribution in [2.24, 2.45) is 5.16 Å². The molecule has 0 spiro atoms. The van der Waals surface area contributed by atoms with Gasteiger partial charge in [-0.2, -0.15) is 0 Å². The van der Waals surface area contributed by atoms with E-state index >= 15 is 0 Å². The summed E-state index contributed by atoms with van der Waals surface area (Å²) in [6.45, 7) is 4.11. The summed E-state index contributed by atoms with van der Waals surface area (Å²) in [6, 6.07) is 20.4. The molecular formula is C20H23NO. The average Bonchev–Trinajstić information content (AvgIpc) is 2.58. The molecule has 0 saturated heterocycles. The molecule has 1 atom stereocenters. The molecule has 0 aliphatic carbocycles. The summed E-state index contributed by atoms with van der Waals surface area (Å²) in [5.41, 5.74) is 3.19. The van der Waals surface area contributed by atoms with Crippen molar-refractivity contribution in [1.29, 1.82) is 0 Å². The van der Waals surface area contributed by atoms with Gasteiger partial charge in [0, 0.05) is 0 Å². The number of benzene rings is 2. The Morgan fingerprint density at radius 2 is 1.68 bits per heavy atom. The Balaban J connectivity index is 2.00. The highest BCUT2D eigenvalue weighted by Crippen LogP contribution is 2.22. The van der Waals surface area contributed by atoms with Crippen LogP contribution < -0.4 is 0 Å². The molecule has 0 fully saturated rings. The van der Waals surface area contributed by atoms with Gasteiger partial charge in [0.05, 0.1) is 5.71 Å². The quantitative estimate of drug-likeness (QED) is 0.478. The van der Waals surface area contributed by atoms with Crippen molar-refractivity contribution in [1.82, 2.24) is 0 Å². The van der Waals surface area contributed by atoms with E-state index in [1.54, 1.807) is 0 Å². The minimum Gasteiger partial charge on any atom is -0.387 e. The van der Waals surface area contributed by atoms with Gasteiger partial charge in [0.1, 0.15) is 0 Å². The van der Waals surface area contributed by atoms with Crippen LogP contribution in [0.5, 0.6) is 0 Å². The van der Waals surface area contributed by atoms with Crippen LogP contribution in [0.25, 0.3) is 6.08 Å². The predicted molar refractivity (Wildman–Crippen MR) is 93.8 cm³/mol. The maximum atomic E-state index is 5.76. The van der Waals surface area contributed by atoms with Crippen LogP contribution in [0.1, 0.15) is 43.9 Å². The molecule has 0 N–H and O–H groups in total. The zero-order chi connectivity index (χ0) is 15.6. The van der Waals surface area contributed by atoms with Crippen LogP contribution in [-0.2, 0) is 4.84 Å². The number of oxime groups is 1. The van der Waals surface area contributed by atoms with Crippen molar-refractivity contribution in [2.75, 3.05) is 0 Å². The van der Waals surface area contributed by atoms with Crippen LogP contribution in [0.4, 0.5) is 0 Å².